The molecule has 174 valence electrons. The van der Waals surface area contributed by atoms with Crippen LogP contribution in [0.15, 0.2) is 66.7 Å². The van der Waals surface area contributed by atoms with Crippen molar-refractivity contribution in [3.8, 4) is 27.7 Å². The maximum atomic E-state index is 13.6. The predicted octanol–water partition coefficient (Wildman–Crippen LogP) is 7.00. The molecule has 4 rings (SSSR count). The summed E-state index contributed by atoms with van der Waals surface area (Å²) in [6, 6.07) is 19.2. The zero-order valence-electron chi connectivity index (χ0n) is 19.5. The van der Waals surface area contributed by atoms with Crippen LogP contribution in [0.5, 0.6) is 17.2 Å². The van der Waals surface area contributed by atoms with Crippen LogP contribution in [0.3, 0.4) is 0 Å². The van der Waals surface area contributed by atoms with Crippen LogP contribution in [-0.2, 0) is 4.79 Å². The number of ketones is 1. The summed E-state index contributed by atoms with van der Waals surface area (Å²) in [5.74, 6) is 0.867. The van der Waals surface area contributed by atoms with Gasteiger partial charge in [-0.15, -0.1) is 11.3 Å². The molecule has 3 aromatic carbocycles. The number of benzene rings is 3. The second-order valence-electron chi connectivity index (χ2n) is 8.91. The first-order valence-electron chi connectivity index (χ1n) is 11.0. The van der Waals surface area contributed by atoms with Gasteiger partial charge in [0, 0.05) is 32.5 Å². The maximum Gasteiger partial charge on any atom is 0.310 e. The molecule has 1 N–H and O–H groups in total. The lowest BCUT2D eigenvalue weighted by Crippen LogP contribution is -2.22. The normalized spacial score (nSPS) is 11.4. The van der Waals surface area contributed by atoms with E-state index >= 15 is 0 Å². The number of esters is 1. The van der Waals surface area contributed by atoms with E-state index in [2.05, 4.69) is 0 Å². The number of ether oxygens (including phenoxy) is 2. The van der Waals surface area contributed by atoms with Crippen molar-refractivity contribution in [2.75, 3.05) is 0 Å². The van der Waals surface area contributed by atoms with Crippen molar-refractivity contribution in [2.45, 2.75) is 39.7 Å². The molecule has 0 atom stereocenters. The van der Waals surface area contributed by atoms with Gasteiger partial charge in [-0.25, -0.2) is 0 Å². The summed E-state index contributed by atoms with van der Waals surface area (Å²) >= 11 is 1.51. The third-order valence-electron chi connectivity index (χ3n) is 5.08. The Hall–Kier alpha value is -3.64. The zero-order valence-corrected chi connectivity index (χ0v) is 20.4. The highest BCUT2D eigenvalue weighted by molar-refractivity contribution is 7.22. The van der Waals surface area contributed by atoms with Crippen molar-refractivity contribution in [1.29, 1.82) is 0 Å². The van der Waals surface area contributed by atoms with Crippen LogP contribution in [0, 0.1) is 0 Å². The number of hydrogen-bond donors (Lipinski definition) is 1. The predicted molar refractivity (Wildman–Crippen MR) is 135 cm³/mol. The number of phenols is 1. The molecule has 0 amide bonds. The molecule has 0 saturated heterocycles. The molecule has 6 heteroatoms. The van der Waals surface area contributed by atoms with Crippen molar-refractivity contribution >= 4 is 33.2 Å². The van der Waals surface area contributed by atoms with Gasteiger partial charge in [-0.05, 0) is 93.1 Å². The molecule has 0 fully saturated rings. The molecular weight excluding hydrogens is 448 g/mol. The van der Waals surface area contributed by atoms with Crippen LogP contribution >= 0.6 is 11.3 Å². The number of carbonyl (C=O) groups is 2. The minimum Gasteiger partial charge on any atom is -0.508 e. The minimum atomic E-state index is -0.343. The highest BCUT2D eigenvalue weighted by atomic mass is 32.1. The zero-order chi connectivity index (χ0) is 24.5. The number of phenolic OH excluding ortho intramolecular Hbond substituents is 1. The Balaban J connectivity index is 1.83. The van der Waals surface area contributed by atoms with Crippen LogP contribution in [-0.4, -0.2) is 22.5 Å². The first-order valence-corrected chi connectivity index (χ1v) is 11.9. The van der Waals surface area contributed by atoms with Crippen LogP contribution in [0.2, 0.25) is 0 Å². The van der Waals surface area contributed by atoms with Gasteiger partial charge in [0.15, 0.2) is 5.78 Å². The molecule has 0 bridgehead atoms. The molecule has 0 aliphatic carbocycles. The monoisotopic (exact) mass is 474 g/mol. The smallest absolute Gasteiger partial charge is 0.310 e. The van der Waals surface area contributed by atoms with E-state index < -0.39 is 0 Å². The van der Waals surface area contributed by atoms with Crippen molar-refractivity contribution in [2.24, 2.45) is 0 Å². The topological polar surface area (TPSA) is 72.8 Å². The van der Waals surface area contributed by atoms with E-state index in [9.17, 15) is 14.7 Å². The van der Waals surface area contributed by atoms with Gasteiger partial charge in [-0.1, -0.05) is 6.92 Å². The van der Waals surface area contributed by atoms with Gasteiger partial charge in [0.2, 0.25) is 0 Å². The third kappa shape index (κ3) is 5.13. The van der Waals surface area contributed by atoms with Gasteiger partial charge in [0.05, 0.1) is 0 Å². The molecule has 0 radical (unpaired) electrons. The summed E-state index contributed by atoms with van der Waals surface area (Å²) in [7, 11) is 0. The summed E-state index contributed by atoms with van der Waals surface area (Å²) in [6.07, 6.45) is 0.294. The molecule has 0 aliphatic rings. The first-order chi connectivity index (χ1) is 16.1. The van der Waals surface area contributed by atoms with E-state index in [0.29, 0.717) is 23.3 Å². The Bertz CT molecular complexity index is 1340. The Labute approximate surface area is 202 Å². The van der Waals surface area contributed by atoms with Crippen LogP contribution in [0.25, 0.3) is 20.5 Å². The summed E-state index contributed by atoms with van der Waals surface area (Å²) in [5.41, 5.74) is 1.58. The summed E-state index contributed by atoms with van der Waals surface area (Å²) in [5, 5.41) is 10.5. The fourth-order valence-electron chi connectivity index (χ4n) is 3.56. The number of hydrogen-bond acceptors (Lipinski definition) is 6. The van der Waals surface area contributed by atoms with Gasteiger partial charge in [0.1, 0.15) is 22.8 Å². The third-order valence-corrected chi connectivity index (χ3v) is 6.28. The number of rotatable bonds is 6. The molecule has 1 aromatic heterocycles. The lowest BCUT2D eigenvalue weighted by Gasteiger charge is -2.21. The second-order valence-corrected chi connectivity index (χ2v) is 9.96. The van der Waals surface area contributed by atoms with E-state index in [1.54, 1.807) is 31.2 Å². The minimum absolute atomic E-state index is 0.105. The molecule has 34 heavy (non-hydrogen) atoms. The molecule has 0 saturated carbocycles. The Morgan fingerprint density at radius 2 is 1.56 bits per heavy atom. The molecule has 0 unspecified atom stereocenters. The lowest BCUT2D eigenvalue weighted by molar-refractivity contribution is -0.134. The molecule has 0 aliphatic heterocycles. The number of fused-ring (bicyclic) bond motifs is 1. The average molecular weight is 475 g/mol. The summed E-state index contributed by atoms with van der Waals surface area (Å²) in [6.45, 7) is 7.71. The number of carbonyl (C=O) groups excluding carboxylic acids is 2. The van der Waals surface area contributed by atoms with Gasteiger partial charge in [-0.2, -0.15) is 0 Å². The quantitative estimate of drug-likeness (QED) is 0.185. The summed E-state index contributed by atoms with van der Waals surface area (Å²) < 4.78 is 12.3. The Morgan fingerprint density at radius 1 is 0.912 bits per heavy atom. The molecule has 5 nitrogen and oxygen atoms in total. The van der Waals surface area contributed by atoms with E-state index in [0.717, 1.165) is 26.3 Å². The van der Waals surface area contributed by atoms with Gasteiger partial charge in [0.25, 0.3) is 0 Å². The average Bonchev–Trinajstić information content (AvgIpc) is 3.17. The number of aromatic hydroxyl groups is 1. The summed E-state index contributed by atoms with van der Waals surface area (Å²) in [4.78, 5) is 26.0. The van der Waals surface area contributed by atoms with Gasteiger partial charge < -0.3 is 14.6 Å². The van der Waals surface area contributed by atoms with E-state index in [1.165, 1.54) is 23.5 Å². The van der Waals surface area contributed by atoms with E-state index in [4.69, 9.17) is 9.47 Å². The van der Waals surface area contributed by atoms with Gasteiger partial charge >= 0.3 is 5.97 Å². The Morgan fingerprint density at radius 3 is 2.18 bits per heavy atom. The first kappa shape index (κ1) is 23.5. The molecule has 1 heterocycles. The Kier molecular flexibility index (Phi) is 6.44. The molecule has 4 aromatic rings. The molecular formula is C28H26O5S. The second kappa shape index (κ2) is 9.31. The van der Waals surface area contributed by atoms with Crippen LogP contribution in [0.1, 0.15) is 50.0 Å². The van der Waals surface area contributed by atoms with Crippen LogP contribution in [0.4, 0.5) is 0 Å². The van der Waals surface area contributed by atoms with Crippen molar-refractivity contribution < 1.29 is 24.2 Å². The number of thiophene rings is 1. The fourth-order valence-corrected chi connectivity index (χ4v) is 4.79. The van der Waals surface area contributed by atoms with Gasteiger partial charge in [-0.3, -0.25) is 9.59 Å². The highest BCUT2D eigenvalue weighted by Crippen LogP contribution is 2.42. The van der Waals surface area contributed by atoms with Crippen LogP contribution < -0.4 is 9.47 Å². The maximum absolute atomic E-state index is 13.6. The fraction of sp³-hybridized carbons (Fsp3) is 0.214. The largest absolute Gasteiger partial charge is 0.508 e. The van der Waals surface area contributed by atoms with Crippen molar-refractivity contribution in [3.63, 3.8) is 0 Å². The van der Waals surface area contributed by atoms with Crippen molar-refractivity contribution in [1.82, 2.24) is 0 Å². The highest BCUT2D eigenvalue weighted by Gasteiger charge is 2.23. The van der Waals surface area contributed by atoms with E-state index in [-0.39, 0.29) is 23.1 Å². The SMILES string of the molecule is CCC(=O)Oc1ccc(-c2sc3cc(OC(C)(C)C)ccc3c2C(=O)c2ccc(O)cc2)cc1. The van der Waals surface area contributed by atoms with E-state index in [1.807, 2.05) is 51.1 Å². The van der Waals surface area contributed by atoms with Crippen molar-refractivity contribution in [3.05, 3.63) is 77.9 Å². The molecule has 0 spiro atoms. The standard InChI is InChI=1S/C28H26O5S/c1-5-24(30)32-20-12-8-18(9-13-20)27-25(26(31)17-6-10-19(29)11-7-17)22-15-14-21(16-23(22)34-27)33-28(2,3)4/h6-16,29H,5H2,1-4H3. The lowest BCUT2D eigenvalue weighted by atomic mass is 9.97.